The van der Waals surface area contributed by atoms with Gasteiger partial charge in [0.05, 0.1) is 29.4 Å². The van der Waals surface area contributed by atoms with Crippen LogP contribution in [0.15, 0.2) is 64.1 Å². The predicted molar refractivity (Wildman–Crippen MR) is 121 cm³/mol. The van der Waals surface area contributed by atoms with Gasteiger partial charge in [-0.25, -0.2) is 4.98 Å². The fourth-order valence-electron chi connectivity index (χ4n) is 3.32. The maximum absolute atomic E-state index is 13.4. The number of hydrogen-bond donors (Lipinski definition) is 0. The SMILES string of the molecule is CSc1cccc2sc(N(Cc3ccco3)C(=O)Cc3ccc(C)cc3C)nc12. The Balaban J connectivity index is 1.70. The van der Waals surface area contributed by atoms with Crippen LogP contribution in [0.2, 0.25) is 0 Å². The molecular formula is C23H22N2O2S2. The highest BCUT2D eigenvalue weighted by Gasteiger charge is 2.22. The number of aromatic nitrogens is 1. The number of thiazole rings is 1. The van der Waals surface area contributed by atoms with Gasteiger partial charge in [-0.1, -0.05) is 41.2 Å². The molecule has 0 bridgehead atoms. The molecular weight excluding hydrogens is 400 g/mol. The largest absolute Gasteiger partial charge is 0.467 e. The van der Waals surface area contributed by atoms with E-state index < -0.39 is 0 Å². The topological polar surface area (TPSA) is 46.3 Å². The highest BCUT2D eigenvalue weighted by molar-refractivity contribution is 7.98. The quantitative estimate of drug-likeness (QED) is 0.357. The Hall–Kier alpha value is -2.57. The number of fused-ring (bicyclic) bond motifs is 1. The Bertz CT molecular complexity index is 1150. The molecule has 0 atom stereocenters. The third-order valence-corrected chi connectivity index (χ3v) is 6.67. The van der Waals surface area contributed by atoms with E-state index in [4.69, 9.17) is 9.40 Å². The zero-order valence-corrected chi connectivity index (χ0v) is 18.3. The van der Waals surface area contributed by atoms with E-state index in [0.717, 1.165) is 32.0 Å². The molecule has 1 amide bonds. The monoisotopic (exact) mass is 422 g/mol. The summed E-state index contributed by atoms with van der Waals surface area (Å²) in [6.45, 7) is 4.48. The van der Waals surface area contributed by atoms with Crippen molar-refractivity contribution in [2.45, 2.75) is 31.7 Å². The Labute approximate surface area is 178 Å². The number of rotatable bonds is 6. The molecule has 148 valence electrons. The molecule has 4 rings (SSSR count). The van der Waals surface area contributed by atoms with Crippen molar-refractivity contribution in [2.24, 2.45) is 0 Å². The maximum Gasteiger partial charge on any atom is 0.233 e. The fourth-order valence-corrected chi connectivity index (χ4v) is 4.95. The van der Waals surface area contributed by atoms with E-state index in [1.54, 1.807) is 34.3 Å². The van der Waals surface area contributed by atoms with E-state index in [1.807, 2.05) is 30.5 Å². The average Bonchev–Trinajstić information content (AvgIpc) is 3.37. The fraction of sp³-hybridized carbons (Fsp3) is 0.217. The van der Waals surface area contributed by atoms with Gasteiger partial charge in [0.2, 0.25) is 5.91 Å². The van der Waals surface area contributed by atoms with Crippen molar-refractivity contribution >= 4 is 44.4 Å². The molecule has 0 spiro atoms. The van der Waals surface area contributed by atoms with Crippen molar-refractivity contribution in [1.29, 1.82) is 0 Å². The third-order valence-electron chi connectivity index (χ3n) is 4.86. The Morgan fingerprint density at radius 1 is 1.17 bits per heavy atom. The number of benzene rings is 2. The molecule has 0 saturated heterocycles. The van der Waals surface area contributed by atoms with Crippen molar-refractivity contribution in [3.8, 4) is 0 Å². The molecule has 6 heteroatoms. The van der Waals surface area contributed by atoms with E-state index in [9.17, 15) is 4.79 Å². The first-order valence-corrected chi connectivity index (χ1v) is 11.4. The minimum atomic E-state index is 0.0121. The summed E-state index contributed by atoms with van der Waals surface area (Å²) in [7, 11) is 0. The molecule has 4 nitrogen and oxygen atoms in total. The number of amides is 1. The van der Waals surface area contributed by atoms with Gasteiger partial charge in [-0.3, -0.25) is 9.69 Å². The molecule has 0 aliphatic rings. The van der Waals surface area contributed by atoms with Crippen molar-refractivity contribution in [3.05, 3.63) is 77.2 Å². The first-order chi connectivity index (χ1) is 14.0. The number of carbonyl (C=O) groups excluding carboxylic acids is 1. The summed E-state index contributed by atoms with van der Waals surface area (Å²) in [5, 5.41) is 0.702. The lowest BCUT2D eigenvalue weighted by Crippen LogP contribution is -2.31. The van der Waals surface area contributed by atoms with Gasteiger partial charge in [0.15, 0.2) is 5.13 Å². The number of hydrogen-bond acceptors (Lipinski definition) is 5. The van der Waals surface area contributed by atoms with Gasteiger partial charge in [0, 0.05) is 4.90 Å². The second kappa shape index (κ2) is 8.43. The summed E-state index contributed by atoms with van der Waals surface area (Å²) in [4.78, 5) is 21.0. The number of carbonyl (C=O) groups is 1. The standard InChI is InChI=1S/C23H22N2O2S2/c1-15-9-10-17(16(2)12-15)13-21(26)25(14-18-6-5-11-27-18)23-24-22-19(28-3)7-4-8-20(22)29-23/h4-12H,13-14H2,1-3H3. The number of para-hydroxylation sites is 1. The maximum atomic E-state index is 13.4. The van der Waals surface area contributed by atoms with Gasteiger partial charge in [-0.05, 0) is 55.5 Å². The van der Waals surface area contributed by atoms with E-state index in [2.05, 4.69) is 38.1 Å². The van der Waals surface area contributed by atoms with Crippen LogP contribution in [0.1, 0.15) is 22.5 Å². The van der Waals surface area contributed by atoms with Crippen LogP contribution in [0.3, 0.4) is 0 Å². The zero-order chi connectivity index (χ0) is 20.4. The lowest BCUT2D eigenvalue weighted by Gasteiger charge is -2.19. The molecule has 0 saturated carbocycles. The average molecular weight is 423 g/mol. The molecule has 0 aliphatic carbocycles. The van der Waals surface area contributed by atoms with Crippen molar-refractivity contribution < 1.29 is 9.21 Å². The molecule has 0 aliphatic heterocycles. The number of aryl methyl sites for hydroxylation is 2. The molecule has 2 aromatic heterocycles. The molecule has 0 unspecified atom stereocenters. The second-order valence-corrected chi connectivity index (χ2v) is 8.83. The molecule has 0 fully saturated rings. The Morgan fingerprint density at radius 2 is 2.03 bits per heavy atom. The minimum Gasteiger partial charge on any atom is -0.467 e. The summed E-state index contributed by atoms with van der Waals surface area (Å²) in [5.74, 6) is 0.751. The highest BCUT2D eigenvalue weighted by atomic mass is 32.2. The van der Waals surface area contributed by atoms with E-state index in [0.29, 0.717) is 18.1 Å². The van der Waals surface area contributed by atoms with Crippen LogP contribution < -0.4 is 4.90 Å². The van der Waals surface area contributed by atoms with Gasteiger partial charge >= 0.3 is 0 Å². The Kier molecular flexibility index (Phi) is 5.74. The van der Waals surface area contributed by atoms with Crippen LogP contribution in [-0.2, 0) is 17.8 Å². The van der Waals surface area contributed by atoms with Crippen molar-refractivity contribution in [1.82, 2.24) is 4.98 Å². The van der Waals surface area contributed by atoms with Crippen molar-refractivity contribution in [3.63, 3.8) is 0 Å². The van der Waals surface area contributed by atoms with E-state index >= 15 is 0 Å². The van der Waals surface area contributed by atoms with E-state index in [1.165, 1.54) is 5.56 Å². The summed E-state index contributed by atoms with van der Waals surface area (Å²) < 4.78 is 6.60. The summed E-state index contributed by atoms with van der Waals surface area (Å²) in [6, 6.07) is 16.1. The first-order valence-electron chi connectivity index (χ1n) is 9.37. The lowest BCUT2D eigenvalue weighted by molar-refractivity contribution is -0.118. The molecule has 2 heterocycles. The Morgan fingerprint density at radius 3 is 2.76 bits per heavy atom. The van der Waals surface area contributed by atoms with Crippen LogP contribution in [0.5, 0.6) is 0 Å². The van der Waals surface area contributed by atoms with Crippen molar-refractivity contribution in [2.75, 3.05) is 11.2 Å². The van der Waals surface area contributed by atoms with Crippen LogP contribution in [-0.4, -0.2) is 17.1 Å². The summed E-state index contributed by atoms with van der Waals surface area (Å²) >= 11 is 3.21. The van der Waals surface area contributed by atoms with Crippen LogP contribution in [0.25, 0.3) is 10.2 Å². The summed E-state index contributed by atoms with van der Waals surface area (Å²) in [6.07, 6.45) is 4.00. The second-order valence-electron chi connectivity index (χ2n) is 6.97. The number of anilines is 1. The first kappa shape index (κ1) is 19.7. The van der Waals surface area contributed by atoms with Crippen LogP contribution in [0.4, 0.5) is 5.13 Å². The van der Waals surface area contributed by atoms with Gasteiger partial charge in [0.25, 0.3) is 0 Å². The van der Waals surface area contributed by atoms with Gasteiger partial charge in [-0.2, -0.15) is 0 Å². The molecule has 0 radical (unpaired) electrons. The van der Waals surface area contributed by atoms with Gasteiger partial charge < -0.3 is 4.42 Å². The third kappa shape index (κ3) is 4.23. The van der Waals surface area contributed by atoms with Crippen LogP contribution >= 0.6 is 23.1 Å². The molecule has 4 aromatic rings. The zero-order valence-electron chi connectivity index (χ0n) is 16.6. The van der Waals surface area contributed by atoms with Crippen LogP contribution in [0, 0.1) is 13.8 Å². The summed E-state index contributed by atoms with van der Waals surface area (Å²) in [5.41, 5.74) is 4.31. The minimum absolute atomic E-state index is 0.0121. The molecule has 2 aromatic carbocycles. The highest BCUT2D eigenvalue weighted by Crippen LogP contribution is 2.35. The lowest BCUT2D eigenvalue weighted by atomic mass is 10.0. The number of thioether (sulfide) groups is 1. The normalized spacial score (nSPS) is 11.1. The van der Waals surface area contributed by atoms with Gasteiger partial charge in [0.1, 0.15) is 5.76 Å². The molecule has 29 heavy (non-hydrogen) atoms. The smallest absolute Gasteiger partial charge is 0.233 e. The predicted octanol–water partition coefficient (Wildman–Crippen LogP) is 6.00. The van der Waals surface area contributed by atoms with E-state index in [-0.39, 0.29) is 5.91 Å². The number of nitrogens with zero attached hydrogens (tertiary/aromatic N) is 2. The molecule has 0 N–H and O–H groups in total. The number of furan rings is 1. The van der Waals surface area contributed by atoms with Gasteiger partial charge in [-0.15, -0.1) is 11.8 Å².